The number of anilines is 2. The van der Waals surface area contributed by atoms with Crippen molar-refractivity contribution in [2.24, 2.45) is 7.05 Å². The molecule has 36 heavy (non-hydrogen) atoms. The van der Waals surface area contributed by atoms with Gasteiger partial charge in [0.2, 0.25) is 5.91 Å². The minimum absolute atomic E-state index is 0.0135. The van der Waals surface area contributed by atoms with E-state index in [9.17, 15) is 18.0 Å². The second-order valence-electron chi connectivity index (χ2n) is 9.54. The summed E-state index contributed by atoms with van der Waals surface area (Å²) in [6.07, 6.45) is 0.590. The zero-order valence-corrected chi connectivity index (χ0v) is 19.7. The van der Waals surface area contributed by atoms with Crippen LogP contribution >= 0.6 is 0 Å². The van der Waals surface area contributed by atoms with Crippen LogP contribution in [-0.2, 0) is 30.0 Å². The van der Waals surface area contributed by atoms with Gasteiger partial charge in [-0.2, -0.15) is 13.2 Å². The predicted octanol–water partition coefficient (Wildman–Crippen LogP) is 5.20. The number of pyridine rings is 1. The summed E-state index contributed by atoms with van der Waals surface area (Å²) in [5.74, 6) is 1.00. The van der Waals surface area contributed by atoms with Gasteiger partial charge in [0.15, 0.2) is 0 Å². The topological polar surface area (TPSA) is 54.3 Å². The van der Waals surface area contributed by atoms with E-state index in [0.717, 1.165) is 42.8 Å². The van der Waals surface area contributed by atoms with Gasteiger partial charge >= 0.3 is 6.18 Å². The highest BCUT2D eigenvalue weighted by Crippen LogP contribution is 2.50. The molecule has 4 heterocycles. The molecule has 0 N–H and O–H groups in total. The van der Waals surface area contributed by atoms with Gasteiger partial charge in [-0.3, -0.25) is 14.6 Å². The lowest BCUT2D eigenvalue weighted by Crippen LogP contribution is -2.47. The van der Waals surface area contributed by atoms with Crippen LogP contribution in [-0.4, -0.2) is 38.4 Å². The van der Waals surface area contributed by atoms with Crippen LogP contribution in [0.1, 0.15) is 29.9 Å². The van der Waals surface area contributed by atoms with Crippen molar-refractivity contribution >= 4 is 28.2 Å². The molecule has 2 aromatic carbocycles. The van der Waals surface area contributed by atoms with Gasteiger partial charge in [-0.05, 0) is 61.8 Å². The number of aryl methyl sites for hydroxylation is 1. The van der Waals surface area contributed by atoms with Gasteiger partial charge in [0, 0.05) is 30.5 Å². The summed E-state index contributed by atoms with van der Waals surface area (Å²) in [7, 11) is 1.98. The fourth-order valence-corrected chi connectivity index (χ4v) is 5.50. The molecule has 184 valence electrons. The van der Waals surface area contributed by atoms with Gasteiger partial charge in [0.1, 0.15) is 11.5 Å². The van der Waals surface area contributed by atoms with E-state index in [0.29, 0.717) is 23.9 Å². The van der Waals surface area contributed by atoms with Gasteiger partial charge in [-0.15, -0.1) is 0 Å². The van der Waals surface area contributed by atoms with E-state index in [1.54, 1.807) is 29.3 Å². The van der Waals surface area contributed by atoms with Crippen LogP contribution in [0.4, 0.5) is 24.5 Å². The summed E-state index contributed by atoms with van der Waals surface area (Å²) >= 11 is 0. The monoisotopic (exact) mass is 491 g/mol. The Morgan fingerprint density at radius 2 is 1.81 bits per heavy atom. The smallest absolute Gasteiger partial charge is 0.337 e. The quantitative estimate of drug-likeness (QED) is 0.395. The summed E-state index contributed by atoms with van der Waals surface area (Å²) in [5.41, 5.74) is 1.17. The van der Waals surface area contributed by atoms with Crippen LogP contribution in [0.5, 0.6) is 0 Å². The molecule has 6 rings (SSSR count). The van der Waals surface area contributed by atoms with Crippen LogP contribution in [0, 0.1) is 0 Å². The van der Waals surface area contributed by atoms with Crippen LogP contribution in [0.15, 0.2) is 67.0 Å². The fraction of sp³-hybridized carbons (Fsp3) is 0.296. The standard InChI is InChI=1S/C27H24F3N5O/c1-33-15-12-31-24(33)17-34-13-10-26(11-14-34)20-4-2-3-5-22(20)35(25(26)36)19-7-8-21-18(16-19)6-9-23(32-21)27(28,29)30/h2-9,12,15-16H,10-11,13-14,17H2,1H3. The molecular weight excluding hydrogens is 467 g/mol. The molecule has 2 aromatic heterocycles. The Hall–Kier alpha value is -3.72. The molecule has 6 nitrogen and oxygen atoms in total. The van der Waals surface area contributed by atoms with E-state index in [1.165, 1.54) is 6.07 Å². The fourth-order valence-electron chi connectivity index (χ4n) is 5.50. The van der Waals surface area contributed by atoms with Gasteiger partial charge in [-0.1, -0.05) is 24.3 Å². The number of aromatic nitrogens is 3. The number of amides is 1. The highest BCUT2D eigenvalue weighted by molar-refractivity contribution is 6.13. The maximum atomic E-state index is 14.1. The average molecular weight is 492 g/mol. The van der Waals surface area contributed by atoms with E-state index in [4.69, 9.17) is 0 Å². The maximum absolute atomic E-state index is 14.1. The molecule has 0 aliphatic carbocycles. The van der Waals surface area contributed by atoms with Crippen LogP contribution in [0.25, 0.3) is 10.9 Å². The minimum atomic E-state index is -4.51. The molecule has 0 bridgehead atoms. The van der Waals surface area contributed by atoms with Crippen molar-refractivity contribution in [3.8, 4) is 0 Å². The molecule has 2 aliphatic rings. The van der Waals surface area contributed by atoms with E-state index in [1.807, 2.05) is 42.1 Å². The first-order chi connectivity index (χ1) is 17.3. The molecule has 1 saturated heterocycles. The van der Waals surface area contributed by atoms with E-state index < -0.39 is 17.3 Å². The largest absolute Gasteiger partial charge is 0.433 e. The summed E-state index contributed by atoms with van der Waals surface area (Å²) in [5, 5.41) is 0.552. The van der Waals surface area contributed by atoms with Crippen molar-refractivity contribution in [1.29, 1.82) is 0 Å². The minimum Gasteiger partial charge on any atom is -0.337 e. The first-order valence-electron chi connectivity index (χ1n) is 11.9. The number of para-hydroxylation sites is 1. The number of carbonyl (C=O) groups excluding carboxylic acids is 1. The number of alkyl halides is 3. The van der Waals surface area contributed by atoms with Crippen molar-refractivity contribution in [2.75, 3.05) is 18.0 Å². The molecule has 0 saturated carbocycles. The third-order valence-electron chi connectivity index (χ3n) is 7.49. The van der Waals surface area contributed by atoms with Crippen molar-refractivity contribution in [2.45, 2.75) is 31.0 Å². The number of imidazole rings is 1. The number of halogens is 3. The van der Waals surface area contributed by atoms with Gasteiger partial charge in [0.05, 0.1) is 23.2 Å². The lowest BCUT2D eigenvalue weighted by atomic mass is 9.73. The first-order valence-corrected chi connectivity index (χ1v) is 11.9. The Kier molecular flexibility index (Phi) is 5.15. The highest BCUT2D eigenvalue weighted by atomic mass is 19.4. The Bertz CT molecular complexity index is 1470. The summed E-state index contributed by atoms with van der Waals surface area (Å²) in [6, 6.07) is 15.2. The Morgan fingerprint density at radius 3 is 2.53 bits per heavy atom. The number of rotatable bonds is 3. The summed E-state index contributed by atoms with van der Waals surface area (Å²) in [6.45, 7) is 2.27. The zero-order valence-electron chi connectivity index (χ0n) is 19.7. The van der Waals surface area contributed by atoms with Crippen molar-refractivity contribution in [3.05, 3.63) is 84.1 Å². The molecular formula is C27H24F3N5O. The second-order valence-corrected chi connectivity index (χ2v) is 9.54. The number of fused-ring (bicyclic) bond motifs is 3. The Morgan fingerprint density at radius 1 is 1.03 bits per heavy atom. The van der Waals surface area contributed by atoms with E-state index in [-0.39, 0.29) is 11.4 Å². The van der Waals surface area contributed by atoms with Crippen molar-refractivity contribution < 1.29 is 18.0 Å². The lowest BCUT2D eigenvalue weighted by molar-refractivity contribution is -0.141. The number of benzene rings is 2. The number of nitrogens with zero attached hydrogens (tertiary/aromatic N) is 5. The second kappa shape index (κ2) is 8.16. The normalized spacial score (nSPS) is 17.8. The molecule has 0 unspecified atom stereocenters. The van der Waals surface area contributed by atoms with Crippen molar-refractivity contribution in [3.63, 3.8) is 0 Å². The lowest BCUT2D eigenvalue weighted by Gasteiger charge is -2.38. The summed E-state index contributed by atoms with van der Waals surface area (Å²) < 4.78 is 41.3. The SMILES string of the molecule is Cn1ccnc1CN1CCC2(CC1)C(=O)N(c1ccc3nc(C(F)(F)F)ccc3c1)c1ccccc12. The number of carbonyl (C=O) groups is 1. The zero-order chi connectivity index (χ0) is 25.1. The third-order valence-corrected chi connectivity index (χ3v) is 7.49. The molecule has 1 spiro atoms. The molecule has 4 aromatic rings. The molecule has 9 heteroatoms. The van der Waals surface area contributed by atoms with Crippen LogP contribution < -0.4 is 4.90 Å². The molecule has 1 fully saturated rings. The molecule has 0 radical (unpaired) electrons. The van der Waals surface area contributed by atoms with Gasteiger partial charge in [0.25, 0.3) is 0 Å². The molecule has 2 aliphatic heterocycles. The van der Waals surface area contributed by atoms with Crippen LogP contribution in [0.3, 0.4) is 0 Å². The summed E-state index contributed by atoms with van der Waals surface area (Å²) in [4.78, 5) is 26.3. The Balaban J connectivity index is 1.32. The number of hydrogen-bond acceptors (Lipinski definition) is 4. The van der Waals surface area contributed by atoms with Gasteiger partial charge in [-0.25, -0.2) is 9.97 Å². The van der Waals surface area contributed by atoms with Crippen molar-refractivity contribution in [1.82, 2.24) is 19.4 Å². The number of piperidine rings is 1. The first kappa shape index (κ1) is 22.7. The third kappa shape index (κ3) is 3.57. The average Bonchev–Trinajstić information content (AvgIpc) is 3.38. The van der Waals surface area contributed by atoms with Crippen LogP contribution in [0.2, 0.25) is 0 Å². The number of hydrogen-bond donors (Lipinski definition) is 0. The predicted molar refractivity (Wildman–Crippen MR) is 130 cm³/mol. The Labute approximate surface area is 206 Å². The van der Waals surface area contributed by atoms with Gasteiger partial charge < -0.3 is 4.57 Å². The highest BCUT2D eigenvalue weighted by Gasteiger charge is 2.52. The maximum Gasteiger partial charge on any atom is 0.433 e. The number of likely N-dealkylation sites (tertiary alicyclic amines) is 1. The molecule has 0 atom stereocenters. The van der Waals surface area contributed by atoms with E-state index >= 15 is 0 Å². The van der Waals surface area contributed by atoms with E-state index in [2.05, 4.69) is 14.9 Å². The molecule has 1 amide bonds.